The number of esters is 2. The van der Waals surface area contributed by atoms with Crippen LogP contribution in [0.15, 0.2) is 40.5 Å². The molecule has 0 aliphatic heterocycles. The third-order valence-corrected chi connectivity index (χ3v) is 5.60. The van der Waals surface area contributed by atoms with Crippen molar-refractivity contribution in [3.8, 4) is 11.1 Å². The maximum atomic E-state index is 12.7. The van der Waals surface area contributed by atoms with E-state index >= 15 is 0 Å². The van der Waals surface area contributed by atoms with Crippen molar-refractivity contribution in [2.45, 2.75) is 20.8 Å². The summed E-state index contributed by atoms with van der Waals surface area (Å²) in [6.07, 6.45) is 0. The van der Waals surface area contributed by atoms with E-state index in [-0.39, 0.29) is 23.4 Å². The van der Waals surface area contributed by atoms with Crippen LogP contribution >= 0.6 is 11.3 Å². The Balaban J connectivity index is 1.79. The quantitative estimate of drug-likeness (QED) is 0.529. The Morgan fingerprint density at radius 2 is 1.82 bits per heavy atom. The van der Waals surface area contributed by atoms with E-state index in [1.807, 2.05) is 32.0 Å². The number of rotatable bonds is 7. The number of carbonyl (C=O) groups excluding carboxylic acids is 3. The van der Waals surface area contributed by atoms with Crippen LogP contribution < -0.4 is 10.9 Å². The largest absolute Gasteiger partial charge is 0.462 e. The van der Waals surface area contributed by atoms with Crippen molar-refractivity contribution in [1.82, 2.24) is 9.78 Å². The van der Waals surface area contributed by atoms with Crippen molar-refractivity contribution in [1.29, 1.82) is 0 Å². The number of hydrogen-bond acceptors (Lipinski definition) is 8. The van der Waals surface area contributed by atoms with E-state index in [2.05, 4.69) is 10.4 Å². The van der Waals surface area contributed by atoms with Crippen LogP contribution in [-0.4, -0.2) is 40.8 Å². The highest BCUT2D eigenvalue weighted by Gasteiger charge is 2.24. The van der Waals surface area contributed by atoms with Gasteiger partial charge in [0.05, 0.1) is 6.61 Å². The molecule has 33 heavy (non-hydrogen) atoms. The van der Waals surface area contributed by atoms with Gasteiger partial charge in [-0.3, -0.25) is 9.59 Å². The first-order valence-electron chi connectivity index (χ1n) is 10.1. The summed E-state index contributed by atoms with van der Waals surface area (Å²) in [5, 5.41) is 8.48. The van der Waals surface area contributed by atoms with Gasteiger partial charge in [0.15, 0.2) is 12.3 Å². The van der Waals surface area contributed by atoms with Crippen LogP contribution in [0.2, 0.25) is 0 Å². The summed E-state index contributed by atoms with van der Waals surface area (Å²) in [7, 11) is 1.40. The molecular formula is C23H23N3O6S. The molecule has 0 radical (unpaired) electrons. The molecular weight excluding hydrogens is 446 g/mol. The molecule has 2 heterocycles. The zero-order valence-corrected chi connectivity index (χ0v) is 19.4. The van der Waals surface area contributed by atoms with E-state index in [0.29, 0.717) is 10.6 Å². The molecule has 2 aromatic heterocycles. The zero-order valence-electron chi connectivity index (χ0n) is 18.6. The first kappa shape index (κ1) is 23.9. The molecule has 0 fully saturated rings. The standard InChI is InChI=1S/C23H23N3O6S/c1-5-31-23(30)20-16(15-7-6-13(2)10-14(15)3)12-33-21(20)24-18(27)11-32-22(29)17-8-9-19(28)26(4)25-17/h6-10,12H,5,11H2,1-4H3,(H,24,27). The van der Waals surface area contributed by atoms with Gasteiger partial charge in [-0.15, -0.1) is 11.3 Å². The number of benzene rings is 1. The van der Waals surface area contributed by atoms with Gasteiger partial charge in [0.25, 0.3) is 11.5 Å². The number of aromatic nitrogens is 2. The van der Waals surface area contributed by atoms with Gasteiger partial charge in [0.2, 0.25) is 0 Å². The van der Waals surface area contributed by atoms with Gasteiger partial charge in [-0.2, -0.15) is 5.10 Å². The second kappa shape index (κ2) is 10.2. The van der Waals surface area contributed by atoms with Crippen molar-refractivity contribution >= 4 is 34.2 Å². The van der Waals surface area contributed by atoms with Crippen LogP contribution in [0.25, 0.3) is 11.1 Å². The van der Waals surface area contributed by atoms with Gasteiger partial charge in [-0.05, 0) is 38.0 Å². The first-order chi connectivity index (χ1) is 15.7. The number of amides is 1. The van der Waals surface area contributed by atoms with Crippen molar-refractivity contribution in [3.63, 3.8) is 0 Å². The van der Waals surface area contributed by atoms with Crippen molar-refractivity contribution in [2.24, 2.45) is 7.05 Å². The van der Waals surface area contributed by atoms with Gasteiger partial charge < -0.3 is 14.8 Å². The minimum Gasteiger partial charge on any atom is -0.462 e. The summed E-state index contributed by atoms with van der Waals surface area (Å²) in [6, 6.07) is 8.27. The molecule has 10 heteroatoms. The lowest BCUT2D eigenvalue weighted by molar-refractivity contribution is -0.119. The first-order valence-corrected chi connectivity index (χ1v) is 11.0. The molecule has 0 aliphatic rings. The molecule has 0 aliphatic carbocycles. The molecule has 1 amide bonds. The van der Waals surface area contributed by atoms with E-state index in [1.54, 1.807) is 12.3 Å². The van der Waals surface area contributed by atoms with Crippen LogP contribution in [0, 0.1) is 13.8 Å². The molecule has 1 N–H and O–H groups in total. The summed E-state index contributed by atoms with van der Waals surface area (Å²) >= 11 is 1.18. The summed E-state index contributed by atoms with van der Waals surface area (Å²) in [5.41, 5.74) is 3.33. The highest BCUT2D eigenvalue weighted by molar-refractivity contribution is 7.15. The summed E-state index contributed by atoms with van der Waals surface area (Å²) in [4.78, 5) is 48.7. The molecule has 0 atom stereocenters. The Morgan fingerprint density at radius 3 is 2.48 bits per heavy atom. The average Bonchev–Trinajstić information content (AvgIpc) is 3.17. The van der Waals surface area contributed by atoms with Gasteiger partial charge in [-0.25, -0.2) is 14.3 Å². The monoisotopic (exact) mass is 469 g/mol. The Hall–Kier alpha value is -3.79. The Bertz CT molecular complexity index is 1280. The molecule has 9 nitrogen and oxygen atoms in total. The number of anilines is 1. The van der Waals surface area contributed by atoms with E-state index in [1.165, 1.54) is 30.5 Å². The van der Waals surface area contributed by atoms with E-state index in [0.717, 1.165) is 21.4 Å². The molecule has 172 valence electrons. The number of ether oxygens (including phenoxy) is 2. The average molecular weight is 470 g/mol. The number of aryl methyl sites for hydroxylation is 3. The maximum Gasteiger partial charge on any atom is 0.359 e. The van der Waals surface area contributed by atoms with Crippen molar-refractivity contribution in [2.75, 3.05) is 18.5 Å². The SMILES string of the molecule is CCOC(=O)c1c(-c2ccc(C)cc2C)csc1NC(=O)COC(=O)c1ccc(=O)n(C)n1. The lowest BCUT2D eigenvalue weighted by Crippen LogP contribution is -2.25. The summed E-state index contributed by atoms with van der Waals surface area (Å²) in [5.74, 6) is -2.04. The Labute approximate surface area is 194 Å². The third-order valence-electron chi connectivity index (χ3n) is 4.70. The number of hydrogen-bond donors (Lipinski definition) is 1. The van der Waals surface area contributed by atoms with Gasteiger partial charge in [0.1, 0.15) is 10.6 Å². The summed E-state index contributed by atoms with van der Waals surface area (Å²) < 4.78 is 11.2. The van der Waals surface area contributed by atoms with Crippen LogP contribution in [0.4, 0.5) is 5.00 Å². The fourth-order valence-electron chi connectivity index (χ4n) is 3.15. The van der Waals surface area contributed by atoms with Gasteiger partial charge in [-0.1, -0.05) is 23.8 Å². The van der Waals surface area contributed by atoms with Gasteiger partial charge >= 0.3 is 11.9 Å². The lowest BCUT2D eigenvalue weighted by atomic mass is 9.97. The molecule has 0 spiro atoms. The minimum absolute atomic E-state index is 0.106. The number of carbonyl (C=O) groups is 3. The van der Waals surface area contributed by atoms with Crippen LogP contribution in [0.1, 0.15) is 38.9 Å². The number of nitrogens with zero attached hydrogens (tertiary/aromatic N) is 2. The molecule has 0 bridgehead atoms. The van der Waals surface area contributed by atoms with Crippen LogP contribution in [0.5, 0.6) is 0 Å². The fraction of sp³-hybridized carbons (Fsp3) is 0.261. The van der Waals surface area contributed by atoms with Crippen LogP contribution in [-0.2, 0) is 21.3 Å². The number of nitrogens with one attached hydrogen (secondary N) is 1. The predicted molar refractivity (Wildman–Crippen MR) is 124 cm³/mol. The second-order valence-electron chi connectivity index (χ2n) is 7.20. The smallest absolute Gasteiger partial charge is 0.359 e. The van der Waals surface area contributed by atoms with Crippen molar-refractivity contribution in [3.05, 3.63) is 68.4 Å². The molecule has 0 saturated heterocycles. The van der Waals surface area contributed by atoms with Crippen molar-refractivity contribution < 1.29 is 23.9 Å². The molecule has 3 aromatic rings. The molecule has 3 rings (SSSR count). The van der Waals surface area contributed by atoms with E-state index in [9.17, 15) is 19.2 Å². The Morgan fingerprint density at radius 1 is 1.06 bits per heavy atom. The molecule has 1 aromatic carbocycles. The Kier molecular flexibility index (Phi) is 7.39. The van der Waals surface area contributed by atoms with Crippen LogP contribution in [0.3, 0.4) is 0 Å². The summed E-state index contributed by atoms with van der Waals surface area (Å²) in [6.45, 7) is 5.21. The highest BCUT2D eigenvalue weighted by Crippen LogP contribution is 2.37. The fourth-order valence-corrected chi connectivity index (χ4v) is 4.11. The predicted octanol–water partition coefficient (Wildman–Crippen LogP) is 3.10. The zero-order chi connectivity index (χ0) is 24.1. The second-order valence-corrected chi connectivity index (χ2v) is 8.08. The maximum absolute atomic E-state index is 12.7. The highest BCUT2D eigenvalue weighted by atomic mass is 32.1. The van der Waals surface area contributed by atoms with E-state index < -0.39 is 24.5 Å². The van der Waals surface area contributed by atoms with E-state index in [4.69, 9.17) is 9.47 Å². The third kappa shape index (κ3) is 5.53. The number of thiophene rings is 1. The normalized spacial score (nSPS) is 10.5. The molecule has 0 unspecified atom stereocenters. The molecule has 0 saturated carbocycles. The topological polar surface area (TPSA) is 117 Å². The minimum atomic E-state index is -0.853. The van der Waals surface area contributed by atoms with Gasteiger partial charge in [0, 0.05) is 24.1 Å². The lowest BCUT2D eigenvalue weighted by Gasteiger charge is -2.11.